The minimum atomic E-state index is -0.813. The Morgan fingerprint density at radius 1 is 1.27 bits per heavy atom. The number of amides is 4. The standard InChI is InChI=1S/C18H23ClN4O3/c1-22(2)14-7-6-12(10-13(14)19)20-15(24)11-23-16(25)18(21-17(23)26)8-4-3-5-9-18/h6-7,10H,3-5,8-9,11H2,1-2H3,(H,20,24)(H,21,26). The Balaban J connectivity index is 1.65. The van der Waals surface area contributed by atoms with E-state index in [9.17, 15) is 14.4 Å². The molecule has 0 bridgehead atoms. The summed E-state index contributed by atoms with van der Waals surface area (Å²) in [7, 11) is 3.75. The number of hydrogen-bond acceptors (Lipinski definition) is 4. The third kappa shape index (κ3) is 3.49. The number of urea groups is 1. The summed E-state index contributed by atoms with van der Waals surface area (Å²) in [5.41, 5.74) is 0.537. The molecule has 7 nitrogen and oxygen atoms in total. The number of nitrogens with zero attached hydrogens (tertiary/aromatic N) is 2. The van der Waals surface area contributed by atoms with Gasteiger partial charge < -0.3 is 15.5 Å². The molecule has 4 amide bonds. The summed E-state index contributed by atoms with van der Waals surface area (Å²) >= 11 is 6.20. The molecule has 8 heteroatoms. The van der Waals surface area contributed by atoms with Crippen LogP contribution in [-0.2, 0) is 9.59 Å². The van der Waals surface area contributed by atoms with Crippen molar-refractivity contribution >= 4 is 40.8 Å². The molecule has 2 fully saturated rings. The van der Waals surface area contributed by atoms with Crippen LogP contribution in [0, 0.1) is 0 Å². The third-order valence-electron chi connectivity index (χ3n) is 4.97. The third-order valence-corrected chi connectivity index (χ3v) is 5.27. The molecule has 1 saturated heterocycles. The van der Waals surface area contributed by atoms with Gasteiger partial charge in [0.2, 0.25) is 5.91 Å². The molecule has 26 heavy (non-hydrogen) atoms. The number of nitrogens with one attached hydrogen (secondary N) is 2. The first-order valence-electron chi connectivity index (χ1n) is 8.73. The molecule has 1 aliphatic heterocycles. The number of carbonyl (C=O) groups excluding carboxylic acids is 3. The average molecular weight is 379 g/mol. The van der Waals surface area contributed by atoms with E-state index in [2.05, 4.69) is 10.6 Å². The highest BCUT2D eigenvalue weighted by atomic mass is 35.5. The zero-order chi connectivity index (χ0) is 18.9. The summed E-state index contributed by atoms with van der Waals surface area (Å²) in [6, 6.07) is 4.67. The van der Waals surface area contributed by atoms with Crippen molar-refractivity contribution in [3.05, 3.63) is 23.2 Å². The summed E-state index contributed by atoms with van der Waals surface area (Å²) in [5.74, 6) is -0.728. The molecule has 1 aromatic carbocycles. The summed E-state index contributed by atoms with van der Waals surface area (Å²) in [5, 5.41) is 5.99. The van der Waals surface area contributed by atoms with Crippen molar-refractivity contribution in [1.29, 1.82) is 0 Å². The lowest BCUT2D eigenvalue weighted by atomic mass is 9.82. The molecular formula is C18H23ClN4O3. The van der Waals surface area contributed by atoms with Crippen LogP contribution in [0.4, 0.5) is 16.2 Å². The lowest BCUT2D eigenvalue weighted by Crippen LogP contribution is -2.48. The van der Waals surface area contributed by atoms with Crippen LogP contribution in [0.3, 0.4) is 0 Å². The number of halogens is 1. The van der Waals surface area contributed by atoms with E-state index in [0.717, 1.165) is 29.8 Å². The second-order valence-corrected chi connectivity index (χ2v) is 7.48. The molecule has 0 atom stereocenters. The number of benzene rings is 1. The number of carbonyl (C=O) groups is 3. The molecule has 1 aliphatic carbocycles. The van der Waals surface area contributed by atoms with E-state index in [1.54, 1.807) is 18.2 Å². The van der Waals surface area contributed by atoms with Crippen molar-refractivity contribution in [1.82, 2.24) is 10.2 Å². The SMILES string of the molecule is CN(C)c1ccc(NC(=O)CN2C(=O)NC3(CCCCC3)C2=O)cc1Cl. The van der Waals surface area contributed by atoms with Gasteiger partial charge in [-0.05, 0) is 31.0 Å². The Morgan fingerprint density at radius 2 is 1.96 bits per heavy atom. The minimum absolute atomic E-state index is 0.293. The lowest BCUT2D eigenvalue weighted by molar-refractivity contribution is -0.134. The van der Waals surface area contributed by atoms with Gasteiger partial charge in [-0.15, -0.1) is 0 Å². The first-order valence-corrected chi connectivity index (χ1v) is 9.11. The molecule has 140 valence electrons. The van der Waals surface area contributed by atoms with Crippen molar-refractivity contribution in [2.45, 2.75) is 37.6 Å². The van der Waals surface area contributed by atoms with Crippen LogP contribution >= 0.6 is 11.6 Å². The summed E-state index contributed by atoms with van der Waals surface area (Å²) in [4.78, 5) is 40.1. The van der Waals surface area contributed by atoms with Crippen molar-refractivity contribution in [3.8, 4) is 0 Å². The molecule has 1 aromatic rings. The molecule has 0 radical (unpaired) electrons. The van der Waals surface area contributed by atoms with E-state index in [1.165, 1.54) is 0 Å². The molecule has 2 N–H and O–H groups in total. The van der Waals surface area contributed by atoms with Crippen molar-refractivity contribution < 1.29 is 14.4 Å². The highest BCUT2D eigenvalue weighted by molar-refractivity contribution is 6.33. The van der Waals surface area contributed by atoms with Crippen LogP contribution < -0.4 is 15.5 Å². The molecule has 3 rings (SSSR count). The predicted octanol–water partition coefficient (Wildman–Crippen LogP) is 2.60. The first-order chi connectivity index (χ1) is 12.3. The van der Waals surface area contributed by atoms with Gasteiger partial charge in [0.05, 0.1) is 10.7 Å². The molecular weight excluding hydrogens is 356 g/mol. The molecule has 2 aliphatic rings. The van der Waals surface area contributed by atoms with Crippen molar-refractivity contribution in [3.63, 3.8) is 0 Å². The summed E-state index contributed by atoms with van der Waals surface area (Å²) < 4.78 is 0. The molecule has 1 heterocycles. The van der Waals surface area contributed by atoms with Crippen LogP contribution in [0.5, 0.6) is 0 Å². The maximum absolute atomic E-state index is 12.7. The van der Waals surface area contributed by atoms with Gasteiger partial charge in [0, 0.05) is 19.8 Å². The average Bonchev–Trinajstić information content (AvgIpc) is 2.79. The molecule has 1 saturated carbocycles. The van der Waals surface area contributed by atoms with E-state index < -0.39 is 17.5 Å². The quantitative estimate of drug-likeness (QED) is 0.789. The van der Waals surface area contributed by atoms with Gasteiger partial charge in [-0.25, -0.2) is 4.79 Å². The van der Waals surface area contributed by atoms with Gasteiger partial charge in [0.1, 0.15) is 12.1 Å². The topological polar surface area (TPSA) is 81.8 Å². The van der Waals surface area contributed by atoms with Crippen molar-refractivity contribution in [2.75, 3.05) is 30.9 Å². The second-order valence-electron chi connectivity index (χ2n) is 7.07. The largest absolute Gasteiger partial charge is 0.376 e. The fraction of sp³-hybridized carbons (Fsp3) is 0.500. The fourth-order valence-corrected chi connectivity index (χ4v) is 3.96. The number of rotatable bonds is 4. The van der Waals surface area contributed by atoms with Crippen LogP contribution in [-0.4, -0.2) is 48.9 Å². The Kier molecular flexibility index (Phi) is 5.09. The number of hydrogen-bond donors (Lipinski definition) is 2. The molecule has 1 spiro atoms. The predicted molar refractivity (Wildman–Crippen MR) is 100 cm³/mol. The zero-order valence-corrected chi connectivity index (χ0v) is 15.7. The van der Waals surface area contributed by atoms with E-state index in [4.69, 9.17) is 11.6 Å². The fourth-order valence-electron chi connectivity index (χ4n) is 3.61. The van der Waals surface area contributed by atoms with Gasteiger partial charge in [-0.2, -0.15) is 0 Å². The Bertz CT molecular complexity index is 744. The first kappa shape index (κ1) is 18.5. The Labute approximate surface area is 157 Å². The lowest BCUT2D eigenvalue weighted by Gasteiger charge is -2.30. The van der Waals surface area contributed by atoms with Gasteiger partial charge in [-0.1, -0.05) is 30.9 Å². The van der Waals surface area contributed by atoms with Crippen LogP contribution in [0.1, 0.15) is 32.1 Å². The van der Waals surface area contributed by atoms with Crippen LogP contribution in [0.15, 0.2) is 18.2 Å². The van der Waals surface area contributed by atoms with Crippen molar-refractivity contribution in [2.24, 2.45) is 0 Å². The minimum Gasteiger partial charge on any atom is -0.376 e. The van der Waals surface area contributed by atoms with Crippen LogP contribution in [0.25, 0.3) is 0 Å². The Morgan fingerprint density at radius 3 is 2.58 bits per heavy atom. The van der Waals surface area contributed by atoms with Gasteiger partial charge in [0.15, 0.2) is 0 Å². The second kappa shape index (κ2) is 7.15. The van der Waals surface area contributed by atoms with Gasteiger partial charge in [0.25, 0.3) is 5.91 Å². The zero-order valence-electron chi connectivity index (χ0n) is 15.0. The van der Waals surface area contributed by atoms with Gasteiger partial charge in [-0.3, -0.25) is 14.5 Å². The highest BCUT2D eigenvalue weighted by Gasteiger charge is 2.51. The normalized spacial score (nSPS) is 18.8. The summed E-state index contributed by atoms with van der Waals surface area (Å²) in [6.45, 7) is -0.306. The molecule has 0 aromatic heterocycles. The van der Waals surface area contributed by atoms with E-state index >= 15 is 0 Å². The number of anilines is 2. The summed E-state index contributed by atoms with van der Waals surface area (Å²) in [6.07, 6.45) is 4.15. The monoisotopic (exact) mass is 378 g/mol. The smallest absolute Gasteiger partial charge is 0.325 e. The molecule has 0 unspecified atom stereocenters. The van der Waals surface area contributed by atoms with E-state index in [1.807, 2.05) is 19.0 Å². The van der Waals surface area contributed by atoms with Crippen LogP contribution in [0.2, 0.25) is 5.02 Å². The number of imide groups is 1. The van der Waals surface area contributed by atoms with E-state index in [0.29, 0.717) is 23.6 Å². The van der Waals surface area contributed by atoms with Gasteiger partial charge >= 0.3 is 6.03 Å². The maximum atomic E-state index is 12.7. The highest BCUT2D eigenvalue weighted by Crippen LogP contribution is 2.33. The Hall–Kier alpha value is -2.28. The van der Waals surface area contributed by atoms with E-state index in [-0.39, 0.29) is 12.5 Å². The maximum Gasteiger partial charge on any atom is 0.325 e.